The van der Waals surface area contributed by atoms with E-state index in [0.717, 1.165) is 5.39 Å². The highest BCUT2D eigenvalue weighted by atomic mass is 35.5. The minimum Gasteiger partial charge on any atom is -0.481 e. The van der Waals surface area contributed by atoms with Crippen molar-refractivity contribution in [3.05, 3.63) is 23.1 Å². The molecule has 0 saturated heterocycles. The van der Waals surface area contributed by atoms with Gasteiger partial charge < -0.3 is 5.11 Å². The third-order valence-corrected chi connectivity index (χ3v) is 2.27. The molecule has 0 fully saturated rings. The molecule has 1 N–H and O–H groups in total. The lowest BCUT2D eigenvalue weighted by Crippen LogP contribution is -2.05. The number of carboxylic acid groups (broad SMARTS) is 1. The van der Waals surface area contributed by atoms with Crippen LogP contribution < -0.4 is 0 Å². The molecule has 5 nitrogen and oxygen atoms in total. The minimum absolute atomic E-state index is 0.156. The number of fused-ring (bicyclic) bond motifs is 1. The van der Waals surface area contributed by atoms with Crippen molar-refractivity contribution >= 4 is 28.5 Å². The normalized spacial score (nSPS) is 10.8. The van der Waals surface area contributed by atoms with Gasteiger partial charge in [0.1, 0.15) is 5.15 Å². The summed E-state index contributed by atoms with van der Waals surface area (Å²) in [6.07, 6.45) is 1.48. The Labute approximate surface area is 90.3 Å². The summed E-state index contributed by atoms with van der Waals surface area (Å²) in [6, 6.07) is 1.66. The summed E-state index contributed by atoms with van der Waals surface area (Å²) in [4.78, 5) is 14.6. The topological polar surface area (TPSA) is 68.0 Å². The van der Waals surface area contributed by atoms with Gasteiger partial charge in [-0.2, -0.15) is 5.10 Å². The maximum Gasteiger partial charge on any atom is 0.309 e. The SMILES string of the molecule is Cn1ncc2cc(Cl)nc(CC(=O)O)c21. The van der Waals surface area contributed by atoms with E-state index >= 15 is 0 Å². The molecule has 0 amide bonds. The molecule has 15 heavy (non-hydrogen) atoms. The fourth-order valence-corrected chi connectivity index (χ4v) is 1.74. The fourth-order valence-electron chi connectivity index (χ4n) is 1.52. The van der Waals surface area contributed by atoms with Gasteiger partial charge >= 0.3 is 5.97 Å². The summed E-state index contributed by atoms with van der Waals surface area (Å²) in [7, 11) is 1.74. The van der Waals surface area contributed by atoms with E-state index in [2.05, 4.69) is 10.1 Å². The first kappa shape index (κ1) is 9.92. The van der Waals surface area contributed by atoms with Gasteiger partial charge in [-0.25, -0.2) is 4.98 Å². The van der Waals surface area contributed by atoms with E-state index < -0.39 is 5.97 Å². The summed E-state index contributed by atoms with van der Waals surface area (Å²) >= 11 is 5.78. The van der Waals surface area contributed by atoms with Crippen LogP contribution in [0.4, 0.5) is 0 Å². The summed E-state index contributed by atoms with van der Waals surface area (Å²) in [5, 5.41) is 13.8. The van der Waals surface area contributed by atoms with Gasteiger partial charge in [0.05, 0.1) is 23.8 Å². The highest BCUT2D eigenvalue weighted by molar-refractivity contribution is 6.30. The molecule has 2 rings (SSSR count). The Morgan fingerprint density at radius 2 is 2.40 bits per heavy atom. The first-order chi connectivity index (χ1) is 7.08. The zero-order valence-electron chi connectivity index (χ0n) is 7.94. The summed E-state index contributed by atoms with van der Waals surface area (Å²) in [5.41, 5.74) is 1.15. The number of halogens is 1. The van der Waals surface area contributed by atoms with Gasteiger partial charge in [0.15, 0.2) is 0 Å². The molecule has 0 aliphatic heterocycles. The Kier molecular flexibility index (Phi) is 2.32. The van der Waals surface area contributed by atoms with Crippen LogP contribution in [-0.2, 0) is 18.3 Å². The smallest absolute Gasteiger partial charge is 0.309 e. The molecule has 78 valence electrons. The predicted octanol–water partition coefficient (Wildman–Crippen LogP) is 1.25. The van der Waals surface area contributed by atoms with E-state index in [9.17, 15) is 4.79 Å². The minimum atomic E-state index is -0.938. The fraction of sp³-hybridized carbons (Fsp3) is 0.222. The van der Waals surface area contributed by atoms with Crippen LogP contribution >= 0.6 is 11.6 Å². The number of nitrogens with zero attached hydrogens (tertiary/aromatic N) is 3. The molecular weight excluding hydrogens is 218 g/mol. The molecule has 0 unspecified atom stereocenters. The molecule has 0 radical (unpaired) electrons. The second-order valence-corrected chi connectivity index (χ2v) is 3.56. The lowest BCUT2D eigenvalue weighted by Gasteiger charge is -2.02. The molecule has 0 aliphatic carbocycles. The average Bonchev–Trinajstić information content (AvgIpc) is 2.46. The quantitative estimate of drug-likeness (QED) is 0.781. The number of hydrogen-bond donors (Lipinski definition) is 1. The Morgan fingerprint density at radius 3 is 3.07 bits per heavy atom. The van der Waals surface area contributed by atoms with Gasteiger partial charge in [0.2, 0.25) is 0 Å². The average molecular weight is 226 g/mol. The van der Waals surface area contributed by atoms with Gasteiger partial charge in [-0.15, -0.1) is 0 Å². The van der Waals surface area contributed by atoms with Crippen molar-refractivity contribution in [3.8, 4) is 0 Å². The van der Waals surface area contributed by atoms with Crippen LogP contribution in [0.1, 0.15) is 5.69 Å². The molecular formula is C9H8ClN3O2. The van der Waals surface area contributed by atoms with E-state index in [1.165, 1.54) is 0 Å². The lowest BCUT2D eigenvalue weighted by atomic mass is 10.2. The van der Waals surface area contributed by atoms with Crippen molar-refractivity contribution in [2.45, 2.75) is 6.42 Å². The lowest BCUT2D eigenvalue weighted by molar-refractivity contribution is -0.136. The summed E-state index contributed by atoms with van der Waals surface area (Å²) in [6.45, 7) is 0. The van der Waals surface area contributed by atoms with Crippen LogP contribution in [-0.4, -0.2) is 25.8 Å². The number of hydrogen-bond acceptors (Lipinski definition) is 3. The van der Waals surface area contributed by atoms with Crippen LogP contribution in [0.15, 0.2) is 12.3 Å². The molecule has 0 atom stereocenters. The first-order valence-electron chi connectivity index (χ1n) is 4.27. The van der Waals surface area contributed by atoms with Crippen molar-refractivity contribution < 1.29 is 9.90 Å². The zero-order valence-corrected chi connectivity index (χ0v) is 8.69. The molecule has 0 bridgehead atoms. The van der Waals surface area contributed by atoms with Gasteiger partial charge in [-0.3, -0.25) is 9.48 Å². The standard InChI is InChI=1S/C9H8ClN3O2/c1-13-9-5(4-11-13)2-7(10)12-6(9)3-8(14)15/h2,4H,3H2,1H3,(H,14,15). The maximum absolute atomic E-state index is 10.6. The number of pyridine rings is 1. The van der Waals surface area contributed by atoms with Crippen molar-refractivity contribution in [1.82, 2.24) is 14.8 Å². The van der Waals surface area contributed by atoms with Crippen LogP contribution in [0.3, 0.4) is 0 Å². The van der Waals surface area contributed by atoms with Crippen molar-refractivity contribution in [2.24, 2.45) is 7.05 Å². The molecule has 2 aromatic heterocycles. The first-order valence-corrected chi connectivity index (χ1v) is 4.64. The molecule has 2 heterocycles. The Bertz CT molecular complexity index is 535. The van der Waals surface area contributed by atoms with E-state index in [1.807, 2.05) is 0 Å². The van der Waals surface area contributed by atoms with E-state index in [0.29, 0.717) is 11.2 Å². The number of aryl methyl sites for hydroxylation is 1. The zero-order chi connectivity index (χ0) is 11.0. The van der Waals surface area contributed by atoms with Crippen LogP contribution in [0.2, 0.25) is 5.15 Å². The van der Waals surface area contributed by atoms with Gasteiger partial charge in [-0.1, -0.05) is 11.6 Å². The predicted molar refractivity (Wildman–Crippen MR) is 54.9 cm³/mol. The van der Waals surface area contributed by atoms with Crippen molar-refractivity contribution in [2.75, 3.05) is 0 Å². The maximum atomic E-state index is 10.6. The number of rotatable bonds is 2. The monoisotopic (exact) mass is 225 g/mol. The molecule has 2 aromatic rings. The van der Waals surface area contributed by atoms with Crippen LogP contribution in [0.25, 0.3) is 10.9 Å². The molecule has 6 heteroatoms. The number of aliphatic carboxylic acids is 1. The third kappa shape index (κ3) is 1.78. The number of aromatic nitrogens is 3. The number of carbonyl (C=O) groups is 1. The van der Waals surface area contributed by atoms with Crippen molar-refractivity contribution in [3.63, 3.8) is 0 Å². The van der Waals surface area contributed by atoms with Crippen LogP contribution in [0.5, 0.6) is 0 Å². The highest BCUT2D eigenvalue weighted by Gasteiger charge is 2.12. The number of carboxylic acids is 1. The van der Waals surface area contributed by atoms with Crippen LogP contribution in [0, 0.1) is 0 Å². The van der Waals surface area contributed by atoms with Gasteiger partial charge in [0, 0.05) is 12.4 Å². The molecule has 0 saturated carbocycles. The Morgan fingerprint density at radius 1 is 1.67 bits per heavy atom. The molecule has 0 spiro atoms. The second-order valence-electron chi connectivity index (χ2n) is 3.17. The summed E-state index contributed by atoms with van der Waals surface area (Å²) in [5.74, 6) is -0.938. The highest BCUT2D eigenvalue weighted by Crippen LogP contribution is 2.20. The van der Waals surface area contributed by atoms with Crippen molar-refractivity contribution in [1.29, 1.82) is 0 Å². The van der Waals surface area contributed by atoms with E-state index in [1.54, 1.807) is 24.0 Å². The Hall–Kier alpha value is -1.62. The van der Waals surface area contributed by atoms with E-state index in [-0.39, 0.29) is 11.6 Å². The molecule has 0 aliphatic rings. The van der Waals surface area contributed by atoms with E-state index in [4.69, 9.17) is 16.7 Å². The second kappa shape index (κ2) is 3.51. The van der Waals surface area contributed by atoms with Gasteiger partial charge in [0.25, 0.3) is 0 Å². The largest absolute Gasteiger partial charge is 0.481 e. The third-order valence-electron chi connectivity index (χ3n) is 2.08. The molecule has 0 aromatic carbocycles. The summed E-state index contributed by atoms with van der Waals surface area (Å²) < 4.78 is 1.59. The van der Waals surface area contributed by atoms with Gasteiger partial charge in [-0.05, 0) is 6.07 Å². The Balaban J connectivity index is 2.68.